The van der Waals surface area contributed by atoms with Gasteiger partial charge in [-0.3, -0.25) is 4.98 Å². The van der Waals surface area contributed by atoms with Crippen LogP contribution in [0, 0.1) is 0 Å². The van der Waals surface area contributed by atoms with Crippen LogP contribution in [-0.4, -0.2) is 17.2 Å². The minimum absolute atomic E-state index is 0.128. The molecule has 3 aromatic rings. The van der Waals surface area contributed by atoms with E-state index in [-0.39, 0.29) is 11.7 Å². The highest BCUT2D eigenvalue weighted by atomic mass is 16.5. The van der Waals surface area contributed by atoms with Crippen LogP contribution in [0.5, 0.6) is 11.5 Å². The first-order valence-corrected chi connectivity index (χ1v) is 7.59. The summed E-state index contributed by atoms with van der Waals surface area (Å²) in [6.45, 7) is 0. The molecule has 3 rings (SSSR count). The van der Waals surface area contributed by atoms with Gasteiger partial charge in [-0.05, 0) is 35.4 Å². The number of hydrogen-bond donors (Lipinski definition) is 1. The van der Waals surface area contributed by atoms with Crippen molar-refractivity contribution in [2.45, 2.75) is 12.3 Å². The summed E-state index contributed by atoms with van der Waals surface area (Å²) in [5.41, 5.74) is 3.26. The van der Waals surface area contributed by atoms with Gasteiger partial charge in [0.1, 0.15) is 0 Å². The van der Waals surface area contributed by atoms with Crippen molar-refractivity contribution in [1.82, 2.24) is 4.98 Å². The number of aromatic hydroxyl groups is 1. The predicted molar refractivity (Wildman–Crippen MR) is 90.9 cm³/mol. The molecule has 0 fully saturated rings. The number of ether oxygens (including phenoxy) is 1. The summed E-state index contributed by atoms with van der Waals surface area (Å²) in [4.78, 5) is 4.44. The monoisotopic (exact) mass is 305 g/mol. The maximum absolute atomic E-state index is 10.1. The molecule has 0 saturated heterocycles. The smallest absolute Gasteiger partial charge is 0.160 e. The minimum atomic E-state index is 0.128. The Kier molecular flexibility index (Phi) is 4.57. The highest BCUT2D eigenvalue weighted by molar-refractivity contribution is 5.45. The molecule has 1 heterocycles. The highest BCUT2D eigenvalue weighted by Crippen LogP contribution is 2.34. The Morgan fingerprint density at radius 3 is 2.39 bits per heavy atom. The lowest BCUT2D eigenvalue weighted by Gasteiger charge is -2.18. The van der Waals surface area contributed by atoms with E-state index in [0.29, 0.717) is 5.75 Å². The summed E-state index contributed by atoms with van der Waals surface area (Å²) in [7, 11) is 1.55. The molecule has 0 saturated carbocycles. The Morgan fingerprint density at radius 1 is 0.957 bits per heavy atom. The second-order valence-corrected chi connectivity index (χ2v) is 5.42. The normalized spacial score (nSPS) is 11.9. The molecule has 0 aliphatic heterocycles. The van der Waals surface area contributed by atoms with Gasteiger partial charge in [0.15, 0.2) is 11.5 Å². The zero-order valence-electron chi connectivity index (χ0n) is 13.0. The molecule has 3 heteroatoms. The molecular formula is C20H19NO2. The highest BCUT2D eigenvalue weighted by Gasteiger charge is 2.17. The van der Waals surface area contributed by atoms with E-state index in [9.17, 15) is 5.11 Å². The molecule has 1 aromatic heterocycles. The first-order chi connectivity index (χ1) is 11.3. The number of methoxy groups -OCH3 is 1. The van der Waals surface area contributed by atoms with E-state index in [1.807, 2.05) is 48.7 Å². The summed E-state index contributed by atoms with van der Waals surface area (Å²) >= 11 is 0. The van der Waals surface area contributed by atoms with Gasteiger partial charge < -0.3 is 9.84 Å². The Hall–Kier alpha value is -2.81. The maximum Gasteiger partial charge on any atom is 0.160 e. The first-order valence-electron chi connectivity index (χ1n) is 7.59. The maximum atomic E-state index is 10.1. The molecule has 1 atom stereocenters. The lowest BCUT2D eigenvalue weighted by Crippen LogP contribution is -2.06. The van der Waals surface area contributed by atoms with Gasteiger partial charge in [-0.2, -0.15) is 0 Å². The fraction of sp³-hybridized carbons (Fsp3) is 0.150. The molecule has 0 amide bonds. The third-order valence-electron chi connectivity index (χ3n) is 3.95. The summed E-state index contributed by atoms with van der Waals surface area (Å²) in [6, 6.07) is 21.8. The number of benzene rings is 2. The predicted octanol–water partition coefficient (Wildman–Crippen LogP) is 4.17. The van der Waals surface area contributed by atoms with Gasteiger partial charge in [-0.1, -0.05) is 42.5 Å². The number of rotatable bonds is 5. The first kappa shape index (κ1) is 15.1. The number of nitrogens with zero attached hydrogens (tertiary/aromatic N) is 1. The molecule has 1 N–H and O–H groups in total. The van der Waals surface area contributed by atoms with Crippen molar-refractivity contribution in [3.63, 3.8) is 0 Å². The van der Waals surface area contributed by atoms with Crippen LogP contribution in [0.15, 0.2) is 72.9 Å². The van der Waals surface area contributed by atoms with Crippen LogP contribution in [-0.2, 0) is 6.42 Å². The van der Waals surface area contributed by atoms with Gasteiger partial charge >= 0.3 is 0 Å². The molecular weight excluding hydrogens is 286 g/mol. The minimum Gasteiger partial charge on any atom is -0.504 e. The molecule has 3 nitrogen and oxygen atoms in total. The second kappa shape index (κ2) is 6.97. The van der Waals surface area contributed by atoms with Crippen LogP contribution in [0.2, 0.25) is 0 Å². The third-order valence-corrected chi connectivity index (χ3v) is 3.95. The largest absolute Gasteiger partial charge is 0.504 e. The molecule has 23 heavy (non-hydrogen) atoms. The fourth-order valence-electron chi connectivity index (χ4n) is 2.77. The van der Waals surface area contributed by atoms with Gasteiger partial charge in [0.25, 0.3) is 0 Å². The fourth-order valence-corrected chi connectivity index (χ4v) is 2.77. The Balaban J connectivity index is 2.00. The SMILES string of the molecule is COc1ccc(C(Cc2ccccn2)c2ccccc2)cc1O. The van der Waals surface area contributed by atoms with Gasteiger partial charge in [-0.25, -0.2) is 0 Å². The third kappa shape index (κ3) is 3.51. The van der Waals surface area contributed by atoms with Crippen molar-refractivity contribution in [3.8, 4) is 11.5 Å². The van der Waals surface area contributed by atoms with E-state index in [1.54, 1.807) is 19.2 Å². The number of pyridine rings is 1. The molecule has 0 bridgehead atoms. The summed E-state index contributed by atoms with van der Waals surface area (Å²) in [6.07, 6.45) is 2.58. The van der Waals surface area contributed by atoms with Crippen LogP contribution in [0.3, 0.4) is 0 Å². The topological polar surface area (TPSA) is 42.4 Å². The van der Waals surface area contributed by atoms with Crippen molar-refractivity contribution in [3.05, 3.63) is 89.7 Å². The molecule has 0 spiro atoms. The quantitative estimate of drug-likeness (QED) is 0.769. The van der Waals surface area contributed by atoms with Crippen LogP contribution in [0.4, 0.5) is 0 Å². The van der Waals surface area contributed by atoms with Crippen molar-refractivity contribution in [2.24, 2.45) is 0 Å². The Labute approximate surface area is 136 Å². The number of phenolic OH excluding ortho intramolecular Hbond substituents is 1. The molecule has 0 aliphatic carbocycles. The molecule has 1 unspecified atom stereocenters. The van der Waals surface area contributed by atoms with E-state index >= 15 is 0 Å². The molecule has 116 valence electrons. The van der Waals surface area contributed by atoms with E-state index in [1.165, 1.54) is 5.56 Å². The van der Waals surface area contributed by atoms with Crippen molar-refractivity contribution in [1.29, 1.82) is 0 Å². The summed E-state index contributed by atoms with van der Waals surface area (Å²) < 4.78 is 5.14. The Bertz CT molecular complexity index is 757. The average molecular weight is 305 g/mol. The number of hydrogen-bond acceptors (Lipinski definition) is 3. The molecule has 2 aromatic carbocycles. The van der Waals surface area contributed by atoms with E-state index in [2.05, 4.69) is 17.1 Å². The number of aromatic nitrogens is 1. The lowest BCUT2D eigenvalue weighted by molar-refractivity contribution is 0.373. The zero-order valence-corrected chi connectivity index (χ0v) is 13.0. The lowest BCUT2D eigenvalue weighted by atomic mass is 9.87. The van der Waals surface area contributed by atoms with Crippen LogP contribution in [0.1, 0.15) is 22.7 Å². The van der Waals surface area contributed by atoms with Crippen molar-refractivity contribution >= 4 is 0 Å². The van der Waals surface area contributed by atoms with E-state index < -0.39 is 0 Å². The van der Waals surface area contributed by atoms with E-state index in [4.69, 9.17) is 4.74 Å². The summed E-state index contributed by atoms with van der Waals surface area (Å²) in [5, 5.41) is 10.1. The standard InChI is InChI=1S/C20H19NO2/c1-23-20-11-10-16(13-19(20)22)18(15-7-3-2-4-8-15)14-17-9-5-6-12-21-17/h2-13,18,22H,14H2,1H3. The molecule has 0 aliphatic rings. The Morgan fingerprint density at radius 2 is 1.74 bits per heavy atom. The zero-order chi connectivity index (χ0) is 16.1. The summed E-state index contributed by atoms with van der Waals surface area (Å²) in [5.74, 6) is 0.772. The van der Waals surface area contributed by atoms with Gasteiger partial charge in [-0.15, -0.1) is 0 Å². The van der Waals surface area contributed by atoms with Crippen LogP contribution in [0.25, 0.3) is 0 Å². The van der Waals surface area contributed by atoms with Crippen LogP contribution < -0.4 is 4.74 Å². The van der Waals surface area contributed by atoms with E-state index in [0.717, 1.165) is 17.7 Å². The van der Waals surface area contributed by atoms with Gasteiger partial charge in [0.05, 0.1) is 7.11 Å². The average Bonchev–Trinajstić information content (AvgIpc) is 2.61. The molecule has 0 radical (unpaired) electrons. The van der Waals surface area contributed by atoms with Crippen molar-refractivity contribution < 1.29 is 9.84 Å². The van der Waals surface area contributed by atoms with Crippen LogP contribution >= 0.6 is 0 Å². The second-order valence-electron chi connectivity index (χ2n) is 5.42. The van der Waals surface area contributed by atoms with Gasteiger partial charge in [0.2, 0.25) is 0 Å². The number of phenols is 1. The van der Waals surface area contributed by atoms with Gasteiger partial charge in [0, 0.05) is 24.2 Å². The van der Waals surface area contributed by atoms with Crippen molar-refractivity contribution in [2.75, 3.05) is 7.11 Å².